The summed E-state index contributed by atoms with van der Waals surface area (Å²) in [4.78, 5) is 21.4. The van der Waals surface area contributed by atoms with Gasteiger partial charge in [0.2, 0.25) is 0 Å². The first-order chi connectivity index (χ1) is 7.65. The van der Waals surface area contributed by atoms with Crippen molar-refractivity contribution in [3.05, 3.63) is 0 Å². The molecule has 0 aromatic heterocycles. The summed E-state index contributed by atoms with van der Waals surface area (Å²) in [5.41, 5.74) is 9.87. The third kappa shape index (κ3) is 6.59. The summed E-state index contributed by atoms with van der Waals surface area (Å²) in [6, 6.07) is -1.34. The molecule has 0 heterocycles. The van der Waals surface area contributed by atoms with Crippen molar-refractivity contribution in [1.29, 1.82) is 0 Å². The van der Waals surface area contributed by atoms with Gasteiger partial charge in [-0.25, -0.2) is 21.3 Å². The van der Waals surface area contributed by atoms with Crippen LogP contribution < -0.4 is 23.2 Å². The number of hydrazine groups is 2. The van der Waals surface area contributed by atoms with Gasteiger partial charge in [0.15, 0.2) is 0 Å². The molecule has 0 aliphatic heterocycles. The largest absolute Gasteiger partial charge is 0.350 e. The Kier molecular flexibility index (Phi) is 5.69. The quantitative estimate of drug-likeness (QED) is 0.279. The van der Waals surface area contributed by atoms with E-state index < -0.39 is 12.1 Å². The maximum atomic E-state index is 10.7. The van der Waals surface area contributed by atoms with E-state index in [0.29, 0.717) is 25.9 Å². The Morgan fingerprint density at radius 1 is 0.941 bits per heavy atom. The molecular formula is C9H22N6O2. The monoisotopic (exact) mass is 246 g/mol. The van der Waals surface area contributed by atoms with Crippen molar-refractivity contribution in [3.8, 4) is 0 Å². The number of urea groups is 2. The second-order valence-corrected chi connectivity index (χ2v) is 4.73. The van der Waals surface area contributed by atoms with Crippen LogP contribution in [-0.2, 0) is 0 Å². The van der Waals surface area contributed by atoms with E-state index >= 15 is 0 Å². The van der Waals surface area contributed by atoms with Gasteiger partial charge in [0.25, 0.3) is 0 Å². The molecule has 0 aromatic carbocycles. The highest BCUT2D eigenvalue weighted by molar-refractivity contribution is 5.71. The highest BCUT2D eigenvalue weighted by Gasteiger charge is 2.20. The molecule has 0 rings (SSSR count). The zero-order chi connectivity index (χ0) is 13.6. The highest BCUT2D eigenvalue weighted by atomic mass is 16.2. The van der Waals surface area contributed by atoms with Crippen LogP contribution in [-0.4, -0.2) is 35.2 Å². The molecule has 0 aromatic rings. The second kappa shape index (κ2) is 6.26. The first kappa shape index (κ1) is 15.5. The fraction of sp³-hybridized carbons (Fsp3) is 0.778. The first-order valence-electron chi connectivity index (χ1n) is 5.29. The third-order valence-corrected chi connectivity index (χ3v) is 2.63. The minimum absolute atomic E-state index is 0.125. The van der Waals surface area contributed by atoms with Crippen LogP contribution in [0.1, 0.15) is 26.7 Å². The smallest absolute Gasteiger partial charge is 0.328 e. The summed E-state index contributed by atoms with van der Waals surface area (Å²) in [5.74, 6) is 10.8. The minimum atomic E-state index is -0.668. The molecule has 0 aliphatic carbocycles. The van der Waals surface area contributed by atoms with Gasteiger partial charge in [-0.1, -0.05) is 13.8 Å². The summed E-state index contributed by atoms with van der Waals surface area (Å²) in [5, 5.41) is 1.91. The van der Waals surface area contributed by atoms with E-state index in [1.54, 1.807) is 0 Å². The molecule has 0 aliphatic rings. The fourth-order valence-electron chi connectivity index (χ4n) is 1.19. The predicted octanol–water partition coefficient (Wildman–Crippen LogP) is -0.698. The zero-order valence-corrected chi connectivity index (χ0v) is 10.3. The summed E-state index contributed by atoms with van der Waals surface area (Å²) in [6.07, 6.45) is 1.30. The molecule has 100 valence electrons. The third-order valence-electron chi connectivity index (χ3n) is 2.63. The zero-order valence-electron chi connectivity index (χ0n) is 10.3. The van der Waals surface area contributed by atoms with Crippen LogP contribution in [0.4, 0.5) is 9.59 Å². The Balaban J connectivity index is 4.03. The number of primary amides is 2. The van der Waals surface area contributed by atoms with Gasteiger partial charge in [-0.05, 0) is 18.3 Å². The van der Waals surface area contributed by atoms with Crippen molar-refractivity contribution < 1.29 is 9.59 Å². The Morgan fingerprint density at radius 3 is 1.47 bits per heavy atom. The van der Waals surface area contributed by atoms with Crippen molar-refractivity contribution in [2.75, 3.05) is 13.1 Å². The molecule has 0 saturated carbocycles. The average Bonchev–Trinajstić information content (AvgIpc) is 2.22. The highest BCUT2D eigenvalue weighted by Crippen LogP contribution is 2.24. The van der Waals surface area contributed by atoms with Crippen LogP contribution in [0.25, 0.3) is 0 Å². The first-order valence-corrected chi connectivity index (χ1v) is 5.29. The molecule has 4 amide bonds. The van der Waals surface area contributed by atoms with Crippen LogP contribution in [0.5, 0.6) is 0 Å². The number of carbonyl (C=O) groups excluding carboxylic acids is 2. The molecule has 0 fully saturated rings. The number of nitrogens with two attached hydrogens (primary N) is 4. The van der Waals surface area contributed by atoms with E-state index in [-0.39, 0.29) is 5.41 Å². The molecule has 17 heavy (non-hydrogen) atoms. The van der Waals surface area contributed by atoms with E-state index in [1.165, 1.54) is 0 Å². The topological polar surface area (TPSA) is 145 Å². The van der Waals surface area contributed by atoms with Crippen LogP contribution in [0.15, 0.2) is 0 Å². The van der Waals surface area contributed by atoms with E-state index in [4.69, 9.17) is 23.2 Å². The van der Waals surface area contributed by atoms with E-state index in [9.17, 15) is 9.59 Å². The Bertz CT molecular complexity index is 255. The lowest BCUT2D eigenvalue weighted by Gasteiger charge is -2.28. The van der Waals surface area contributed by atoms with E-state index in [1.807, 2.05) is 13.8 Å². The van der Waals surface area contributed by atoms with Crippen LogP contribution in [0.2, 0.25) is 0 Å². The number of amides is 4. The van der Waals surface area contributed by atoms with Gasteiger partial charge in [-0.2, -0.15) is 0 Å². The van der Waals surface area contributed by atoms with E-state index in [2.05, 4.69) is 0 Å². The second-order valence-electron chi connectivity index (χ2n) is 4.73. The lowest BCUT2D eigenvalue weighted by Crippen LogP contribution is -2.45. The molecular weight excluding hydrogens is 224 g/mol. The van der Waals surface area contributed by atoms with Gasteiger partial charge >= 0.3 is 12.1 Å². The van der Waals surface area contributed by atoms with Crippen molar-refractivity contribution in [2.45, 2.75) is 26.7 Å². The van der Waals surface area contributed by atoms with Crippen LogP contribution in [0.3, 0.4) is 0 Å². The Hall–Kier alpha value is -1.54. The maximum absolute atomic E-state index is 10.7. The van der Waals surface area contributed by atoms with Crippen molar-refractivity contribution in [2.24, 2.45) is 28.6 Å². The van der Waals surface area contributed by atoms with Gasteiger partial charge in [-0.3, -0.25) is 10.0 Å². The van der Waals surface area contributed by atoms with Crippen molar-refractivity contribution in [1.82, 2.24) is 10.0 Å². The van der Waals surface area contributed by atoms with Gasteiger partial charge < -0.3 is 11.5 Å². The van der Waals surface area contributed by atoms with Gasteiger partial charge in [-0.15, -0.1) is 0 Å². The Labute approximate surface area is 101 Å². The molecule has 0 unspecified atom stereocenters. The number of rotatable bonds is 6. The average molecular weight is 246 g/mol. The molecule has 0 saturated heterocycles. The number of carbonyl (C=O) groups is 2. The number of hydrogen-bond donors (Lipinski definition) is 4. The molecule has 0 radical (unpaired) electrons. The predicted molar refractivity (Wildman–Crippen MR) is 64.0 cm³/mol. The summed E-state index contributed by atoms with van der Waals surface area (Å²) in [7, 11) is 0. The molecule has 8 nitrogen and oxygen atoms in total. The maximum Gasteiger partial charge on any atom is 0.328 e. The summed E-state index contributed by atoms with van der Waals surface area (Å²) >= 11 is 0. The molecule has 0 bridgehead atoms. The normalized spacial score (nSPS) is 11.1. The molecule has 8 N–H and O–H groups in total. The van der Waals surface area contributed by atoms with Crippen molar-refractivity contribution in [3.63, 3.8) is 0 Å². The molecule has 0 spiro atoms. The fourth-order valence-corrected chi connectivity index (χ4v) is 1.19. The van der Waals surface area contributed by atoms with Gasteiger partial charge in [0, 0.05) is 13.1 Å². The van der Waals surface area contributed by atoms with Crippen LogP contribution in [0, 0.1) is 5.41 Å². The standard InChI is InChI=1S/C9H22N6O2/c1-9(2,3-5-14(12)7(10)16)4-6-15(13)8(11)17/h3-6,12-13H2,1-2H3,(H2,10,16)(H2,11,17). The summed E-state index contributed by atoms with van der Waals surface area (Å²) < 4.78 is 0. The van der Waals surface area contributed by atoms with Gasteiger partial charge in [0.1, 0.15) is 0 Å². The minimum Gasteiger partial charge on any atom is -0.350 e. The molecule has 0 atom stereocenters. The molecule has 8 heteroatoms. The Morgan fingerprint density at radius 2 is 1.24 bits per heavy atom. The van der Waals surface area contributed by atoms with Crippen molar-refractivity contribution >= 4 is 12.1 Å². The lowest BCUT2D eigenvalue weighted by atomic mass is 9.85. The van der Waals surface area contributed by atoms with Gasteiger partial charge in [0.05, 0.1) is 0 Å². The van der Waals surface area contributed by atoms with E-state index in [0.717, 1.165) is 10.0 Å². The van der Waals surface area contributed by atoms with Crippen LogP contribution >= 0.6 is 0 Å². The number of hydrogen-bond acceptors (Lipinski definition) is 4. The lowest BCUT2D eigenvalue weighted by molar-refractivity contribution is 0.178. The summed E-state index contributed by atoms with van der Waals surface area (Å²) in [6.45, 7) is 4.67. The number of nitrogens with zero attached hydrogens (tertiary/aromatic N) is 2. The SMILES string of the molecule is CC(C)(CCN(N)C(N)=O)CCN(N)C(N)=O.